The molecule has 1 amide bonds. The summed E-state index contributed by atoms with van der Waals surface area (Å²) < 4.78 is 44.1. The number of aryl methyl sites for hydroxylation is 2. The summed E-state index contributed by atoms with van der Waals surface area (Å²) in [4.78, 5) is 32.2. The number of carbonyl (C=O) groups is 2. The van der Waals surface area contributed by atoms with Crippen molar-refractivity contribution in [3.63, 3.8) is 0 Å². The highest BCUT2D eigenvalue weighted by molar-refractivity contribution is 7.10. The van der Waals surface area contributed by atoms with Gasteiger partial charge in [0.25, 0.3) is 6.33 Å². The molecule has 0 bridgehead atoms. The minimum absolute atomic E-state index is 0.0956. The van der Waals surface area contributed by atoms with Crippen LogP contribution < -0.4 is 9.30 Å². The van der Waals surface area contributed by atoms with Crippen LogP contribution in [0.2, 0.25) is 0 Å². The van der Waals surface area contributed by atoms with Crippen LogP contribution in [0.15, 0.2) is 72.6 Å². The van der Waals surface area contributed by atoms with Gasteiger partial charge in [0, 0.05) is 40.1 Å². The van der Waals surface area contributed by atoms with Gasteiger partial charge in [-0.15, -0.1) is 16.0 Å². The lowest BCUT2D eigenvalue weighted by Crippen LogP contribution is -2.44. The smallest absolute Gasteiger partial charge is 0.411 e. The van der Waals surface area contributed by atoms with E-state index in [0.29, 0.717) is 47.9 Å². The van der Waals surface area contributed by atoms with E-state index in [1.165, 1.54) is 27.0 Å². The lowest BCUT2D eigenvalue weighted by molar-refractivity contribution is -0.689. The summed E-state index contributed by atoms with van der Waals surface area (Å²) in [5.74, 6) is -2.49. The quantitative estimate of drug-likeness (QED) is 0.0903. The van der Waals surface area contributed by atoms with Gasteiger partial charge in [-0.05, 0) is 94.5 Å². The second-order valence-corrected chi connectivity index (χ2v) is 15.8. The molecule has 286 valence electrons. The molecule has 6 rings (SSSR count). The van der Waals surface area contributed by atoms with Crippen LogP contribution in [0.3, 0.4) is 0 Å². The molecule has 55 heavy (non-hydrogen) atoms. The van der Waals surface area contributed by atoms with Crippen molar-refractivity contribution < 1.29 is 37.5 Å². The number of esters is 1. The summed E-state index contributed by atoms with van der Waals surface area (Å²) in [5.41, 5.74) is 1.63. The van der Waals surface area contributed by atoms with Crippen molar-refractivity contribution in [1.82, 2.24) is 19.7 Å². The first kappa shape index (κ1) is 39.2. The first-order valence-electron chi connectivity index (χ1n) is 17.9. The highest BCUT2D eigenvalue weighted by Gasteiger charge is 2.43. The zero-order chi connectivity index (χ0) is 39.7. The van der Waals surface area contributed by atoms with Gasteiger partial charge in [0.15, 0.2) is 0 Å². The number of halogens is 2. The Hall–Kier alpha value is -5.52. The summed E-state index contributed by atoms with van der Waals surface area (Å²) in [6, 6.07) is 15.2. The Kier molecular flexibility index (Phi) is 11.2. The Labute approximate surface area is 322 Å². The molecular formula is C41H43F2N6O5S+. The standard InChI is InChI=1S/C41H43F2N6O5S/c1-25-16-29(17-26(2)36(25)53-38(50)35-8-7-15-49(35)39(51)54-40(4,5)6)20-47-23-45-48(24-47)22-41(52,32-14-13-31(42)18-33(32)43)27(3)37-46-34(21-55-37)30-11-9-28(19-44)10-12-30/h9-14,16-18,21,23-24,27,35,52H,7-8,15,20,22H2,1-6H3/q+1. The van der Waals surface area contributed by atoms with Crippen LogP contribution in [0.4, 0.5) is 13.6 Å². The monoisotopic (exact) mass is 769 g/mol. The average Bonchev–Trinajstić information content (AvgIpc) is 3.91. The van der Waals surface area contributed by atoms with Crippen LogP contribution in [-0.4, -0.2) is 55.0 Å². The Bertz CT molecular complexity index is 2240. The molecule has 1 aliphatic heterocycles. The Morgan fingerprint density at radius 1 is 1.11 bits per heavy atom. The molecule has 0 radical (unpaired) electrons. The number of likely N-dealkylation sites (tertiary alicyclic amines) is 1. The van der Waals surface area contributed by atoms with Gasteiger partial charge in [0.1, 0.15) is 41.2 Å². The van der Waals surface area contributed by atoms with Crippen molar-refractivity contribution in [3.8, 4) is 23.1 Å². The number of nitriles is 1. The third kappa shape index (κ3) is 8.74. The fourth-order valence-electron chi connectivity index (χ4n) is 6.83. The minimum Gasteiger partial charge on any atom is -0.444 e. The number of ether oxygens (including phenoxy) is 2. The molecule has 3 heterocycles. The number of thiazole rings is 1. The van der Waals surface area contributed by atoms with Crippen LogP contribution in [0.1, 0.15) is 79.3 Å². The second kappa shape index (κ2) is 15.7. The topological polar surface area (TPSA) is 134 Å². The van der Waals surface area contributed by atoms with Gasteiger partial charge in [0.05, 0.1) is 28.9 Å². The third-order valence-electron chi connectivity index (χ3n) is 9.59. The Balaban J connectivity index is 1.19. The van der Waals surface area contributed by atoms with Crippen molar-refractivity contribution in [2.45, 2.75) is 90.6 Å². The molecular weight excluding hydrogens is 727 g/mol. The van der Waals surface area contributed by atoms with Gasteiger partial charge < -0.3 is 14.6 Å². The molecule has 3 aromatic carbocycles. The SMILES string of the molecule is Cc1cc(C[n+]2cnn(CC(O)(c3ccc(F)cc3F)C(C)c3nc(-c4ccc(C#N)cc4)cs3)c2)cc(C)c1OC(=O)C1CCCN1C(=O)OC(C)(C)C. The molecule has 5 aromatic rings. The molecule has 3 atom stereocenters. The molecule has 3 unspecified atom stereocenters. The number of rotatable bonds is 10. The van der Waals surface area contributed by atoms with Crippen molar-refractivity contribution in [2.75, 3.05) is 6.54 Å². The summed E-state index contributed by atoms with van der Waals surface area (Å²) >= 11 is 1.31. The fraction of sp³-hybridized carbons (Fsp3) is 0.366. The number of hydrogen-bond acceptors (Lipinski definition) is 9. The second-order valence-electron chi connectivity index (χ2n) is 15.0. The maximum atomic E-state index is 15.4. The van der Waals surface area contributed by atoms with E-state index in [2.05, 4.69) is 11.2 Å². The molecule has 1 aliphatic rings. The number of benzene rings is 3. The largest absolute Gasteiger partial charge is 0.444 e. The van der Waals surface area contributed by atoms with Crippen LogP contribution in [0.25, 0.3) is 11.3 Å². The number of nitrogens with zero attached hydrogens (tertiary/aromatic N) is 6. The lowest BCUT2D eigenvalue weighted by atomic mass is 9.82. The van der Waals surface area contributed by atoms with Crippen LogP contribution in [0, 0.1) is 36.8 Å². The number of aliphatic hydroxyl groups is 1. The van der Waals surface area contributed by atoms with E-state index in [1.54, 1.807) is 69.2 Å². The maximum Gasteiger partial charge on any atom is 0.411 e. The summed E-state index contributed by atoms with van der Waals surface area (Å²) in [6.07, 6.45) is 3.89. The highest BCUT2D eigenvalue weighted by Crippen LogP contribution is 2.41. The predicted octanol–water partition coefficient (Wildman–Crippen LogP) is 7.11. The summed E-state index contributed by atoms with van der Waals surface area (Å²) in [7, 11) is 0. The number of hydrogen-bond donors (Lipinski definition) is 1. The molecule has 0 spiro atoms. The van der Waals surface area contributed by atoms with Crippen LogP contribution >= 0.6 is 11.3 Å². The van der Waals surface area contributed by atoms with E-state index in [4.69, 9.17) is 19.7 Å². The first-order valence-corrected chi connectivity index (χ1v) is 18.8. The molecule has 0 saturated carbocycles. The van der Waals surface area contributed by atoms with E-state index in [-0.39, 0.29) is 12.1 Å². The minimum atomic E-state index is -1.89. The zero-order valence-electron chi connectivity index (χ0n) is 31.5. The van der Waals surface area contributed by atoms with Crippen molar-refractivity contribution in [1.29, 1.82) is 5.26 Å². The van der Waals surface area contributed by atoms with Gasteiger partial charge >= 0.3 is 12.1 Å². The van der Waals surface area contributed by atoms with Crippen molar-refractivity contribution in [2.24, 2.45) is 0 Å². The van der Waals surface area contributed by atoms with Crippen LogP contribution in [0.5, 0.6) is 5.75 Å². The Morgan fingerprint density at radius 2 is 1.82 bits per heavy atom. The number of carbonyl (C=O) groups excluding carboxylic acids is 2. The van der Waals surface area contributed by atoms with Gasteiger partial charge in [-0.1, -0.05) is 25.1 Å². The van der Waals surface area contributed by atoms with Gasteiger partial charge in [-0.2, -0.15) is 5.26 Å². The molecule has 1 fully saturated rings. The molecule has 11 nitrogen and oxygen atoms in total. The Morgan fingerprint density at radius 3 is 2.47 bits per heavy atom. The number of amides is 1. The third-order valence-corrected chi connectivity index (χ3v) is 10.6. The summed E-state index contributed by atoms with van der Waals surface area (Å²) in [6.45, 7) is 11.4. The predicted molar refractivity (Wildman–Crippen MR) is 200 cm³/mol. The van der Waals surface area contributed by atoms with E-state index >= 15 is 4.39 Å². The molecule has 2 aromatic heterocycles. The van der Waals surface area contributed by atoms with Crippen molar-refractivity contribution >= 4 is 23.4 Å². The lowest BCUT2D eigenvalue weighted by Gasteiger charge is -2.32. The normalized spacial score (nSPS) is 16.0. The molecule has 14 heteroatoms. The highest BCUT2D eigenvalue weighted by atomic mass is 32.1. The maximum absolute atomic E-state index is 15.4. The first-order chi connectivity index (χ1) is 26.0. The van der Waals surface area contributed by atoms with E-state index in [1.807, 2.05) is 31.4 Å². The summed E-state index contributed by atoms with van der Waals surface area (Å²) in [5, 5.41) is 28.4. The van der Waals surface area contributed by atoms with E-state index in [0.717, 1.165) is 34.4 Å². The molecule has 0 aliphatic carbocycles. The average molecular weight is 770 g/mol. The molecule has 1 saturated heterocycles. The van der Waals surface area contributed by atoms with E-state index in [9.17, 15) is 19.1 Å². The van der Waals surface area contributed by atoms with Crippen molar-refractivity contribution in [3.05, 3.63) is 117 Å². The zero-order valence-corrected chi connectivity index (χ0v) is 32.4. The number of aromatic nitrogens is 4. The van der Waals surface area contributed by atoms with Gasteiger partial charge in [-0.3, -0.25) is 4.90 Å². The van der Waals surface area contributed by atoms with Crippen LogP contribution in [-0.2, 0) is 28.2 Å². The van der Waals surface area contributed by atoms with Gasteiger partial charge in [0.2, 0.25) is 6.33 Å². The van der Waals surface area contributed by atoms with Gasteiger partial charge in [-0.25, -0.2) is 27.9 Å². The molecule has 1 N–H and O–H groups in total. The van der Waals surface area contributed by atoms with E-state index < -0.39 is 46.9 Å². The fourth-order valence-corrected chi connectivity index (χ4v) is 7.80.